The van der Waals surface area contributed by atoms with E-state index in [-0.39, 0.29) is 0 Å². The second kappa shape index (κ2) is 6.41. The lowest BCUT2D eigenvalue weighted by molar-refractivity contribution is 0.0625. The predicted molar refractivity (Wildman–Crippen MR) is 71.7 cm³/mol. The molecule has 0 bridgehead atoms. The molecule has 0 aromatic heterocycles. The highest BCUT2D eigenvalue weighted by molar-refractivity contribution is 4.91. The zero-order valence-electron chi connectivity index (χ0n) is 11.4. The number of nitrogens with zero attached hydrogens (tertiary/aromatic N) is 1. The molecule has 1 aliphatic heterocycles. The van der Waals surface area contributed by atoms with E-state index < -0.39 is 0 Å². The summed E-state index contributed by atoms with van der Waals surface area (Å²) in [5.41, 5.74) is 0. The van der Waals surface area contributed by atoms with Gasteiger partial charge in [-0.2, -0.15) is 0 Å². The molecular weight excluding hydrogens is 196 g/mol. The van der Waals surface area contributed by atoms with E-state index >= 15 is 0 Å². The molecule has 0 aromatic rings. The van der Waals surface area contributed by atoms with E-state index in [0.29, 0.717) is 18.1 Å². The molecule has 0 aromatic carbocycles. The van der Waals surface area contributed by atoms with Crippen LogP contribution in [-0.2, 0) is 0 Å². The summed E-state index contributed by atoms with van der Waals surface area (Å²) in [6, 6.07) is 1.97. The fourth-order valence-electron chi connectivity index (χ4n) is 2.63. The molecule has 1 aliphatic rings. The molecule has 3 unspecified atom stereocenters. The van der Waals surface area contributed by atoms with Crippen molar-refractivity contribution in [2.24, 2.45) is 5.92 Å². The lowest BCUT2D eigenvalue weighted by atomic mass is 9.95. The summed E-state index contributed by atoms with van der Waals surface area (Å²) in [5, 5.41) is 3.66. The Balaban J connectivity index is 2.66. The van der Waals surface area contributed by atoms with Crippen LogP contribution in [-0.4, -0.2) is 36.1 Å². The maximum atomic E-state index is 3.86. The summed E-state index contributed by atoms with van der Waals surface area (Å²) >= 11 is 0. The fourth-order valence-corrected chi connectivity index (χ4v) is 2.63. The Morgan fingerprint density at radius 2 is 2.12 bits per heavy atom. The molecule has 0 aliphatic carbocycles. The quantitative estimate of drug-likeness (QED) is 0.722. The first-order valence-corrected chi connectivity index (χ1v) is 6.70. The summed E-state index contributed by atoms with van der Waals surface area (Å²) < 4.78 is 0. The minimum absolute atomic E-state index is 0.626. The highest BCUT2D eigenvalue weighted by Crippen LogP contribution is 2.20. The van der Waals surface area contributed by atoms with Crippen LogP contribution in [0.25, 0.3) is 0 Å². The van der Waals surface area contributed by atoms with Gasteiger partial charge in [0, 0.05) is 31.2 Å². The van der Waals surface area contributed by atoms with Gasteiger partial charge in [0.2, 0.25) is 0 Å². The minimum atomic E-state index is 0.626. The van der Waals surface area contributed by atoms with Gasteiger partial charge in [0.25, 0.3) is 0 Å². The number of piperazine rings is 1. The molecule has 94 valence electrons. The van der Waals surface area contributed by atoms with Crippen molar-refractivity contribution >= 4 is 0 Å². The molecule has 1 rings (SSSR count). The molecular formula is C14H28N2. The molecule has 1 N–H and O–H groups in total. The van der Waals surface area contributed by atoms with Crippen LogP contribution in [0.1, 0.15) is 40.5 Å². The Morgan fingerprint density at radius 1 is 1.44 bits per heavy atom. The maximum Gasteiger partial charge on any atom is 0.0247 e. The van der Waals surface area contributed by atoms with Crippen LogP contribution in [0.5, 0.6) is 0 Å². The molecule has 1 heterocycles. The number of nitrogens with one attached hydrogen (secondary N) is 1. The van der Waals surface area contributed by atoms with Gasteiger partial charge in [-0.1, -0.05) is 26.8 Å². The van der Waals surface area contributed by atoms with Gasteiger partial charge in [-0.15, -0.1) is 6.58 Å². The van der Waals surface area contributed by atoms with Crippen molar-refractivity contribution in [1.82, 2.24) is 10.2 Å². The van der Waals surface area contributed by atoms with Gasteiger partial charge in [0.15, 0.2) is 0 Å². The zero-order chi connectivity index (χ0) is 12.1. The lowest BCUT2D eigenvalue weighted by Crippen LogP contribution is -2.60. The van der Waals surface area contributed by atoms with E-state index in [1.807, 2.05) is 6.08 Å². The van der Waals surface area contributed by atoms with Crippen molar-refractivity contribution in [3.8, 4) is 0 Å². The average molecular weight is 224 g/mol. The lowest BCUT2D eigenvalue weighted by Gasteiger charge is -2.45. The van der Waals surface area contributed by atoms with Gasteiger partial charge >= 0.3 is 0 Å². The van der Waals surface area contributed by atoms with Crippen LogP contribution in [0, 0.1) is 5.92 Å². The molecule has 0 spiro atoms. The molecule has 0 saturated carbocycles. The van der Waals surface area contributed by atoms with Gasteiger partial charge < -0.3 is 5.32 Å². The Kier molecular flexibility index (Phi) is 5.50. The number of hydrogen-bond donors (Lipinski definition) is 1. The summed E-state index contributed by atoms with van der Waals surface area (Å²) in [5.74, 6) is 0.720. The van der Waals surface area contributed by atoms with Crippen LogP contribution in [0.3, 0.4) is 0 Å². The fraction of sp³-hybridized carbons (Fsp3) is 0.857. The SMILES string of the molecule is C=CCC(C)N1CC(CC)NCC1C(C)C. The van der Waals surface area contributed by atoms with Gasteiger partial charge in [-0.3, -0.25) is 4.90 Å². The van der Waals surface area contributed by atoms with Crippen molar-refractivity contribution < 1.29 is 0 Å². The Labute approximate surface area is 101 Å². The molecule has 0 radical (unpaired) electrons. The predicted octanol–water partition coefficient (Wildman–Crippen LogP) is 2.66. The summed E-state index contributed by atoms with van der Waals surface area (Å²) in [6.07, 6.45) is 4.37. The Hall–Kier alpha value is -0.340. The third-order valence-corrected chi connectivity index (χ3v) is 3.81. The molecule has 1 fully saturated rings. The largest absolute Gasteiger partial charge is 0.311 e. The van der Waals surface area contributed by atoms with E-state index in [4.69, 9.17) is 0 Å². The van der Waals surface area contributed by atoms with E-state index in [0.717, 1.165) is 18.9 Å². The van der Waals surface area contributed by atoms with Crippen molar-refractivity contribution in [3.63, 3.8) is 0 Å². The van der Waals surface area contributed by atoms with Gasteiger partial charge in [-0.25, -0.2) is 0 Å². The second-order valence-corrected chi connectivity index (χ2v) is 5.39. The minimum Gasteiger partial charge on any atom is -0.311 e. The number of hydrogen-bond acceptors (Lipinski definition) is 2. The first kappa shape index (κ1) is 13.7. The molecule has 2 nitrogen and oxygen atoms in total. The molecule has 1 saturated heterocycles. The summed E-state index contributed by atoms with van der Waals surface area (Å²) in [6.45, 7) is 15.4. The monoisotopic (exact) mass is 224 g/mol. The number of rotatable bonds is 5. The highest BCUT2D eigenvalue weighted by Gasteiger charge is 2.31. The molecule has 16 heavy (non-hydrogen) atoms. The van der Waals surface area contributed by atoms with Crippen molar-refractivity contribution in [1.29, 1.82) is 0 Å². The summed E-state index contributed by atoms with van der Waals surface area (Å²) in [4.78, 5) is 2.68. The highest BCUT2D eigenvalue weighted by atomic mass is 15.3. The first-order chi connectivity index (χ1) is 7.60. The zero-order valence-corrected chi connectivity index (χ0v) is 11.4. The first-order valence-electron chi connectivity index (χ1n) is 6.70. The van der Waals surface area contributed by atoms with E-state index in [1.54, 1.807) is 0 Å². The van der Waals surface area contributed by atoms with Crippen LogP contribution >= 0.6 is 0 Å². The van der Waals surface area contributed by atoms with E-state index in [1.165, 1.54) is 13.0 Å². The molecule has 2 heteroatoms. The third kappa shape index (κ3) is 3.33. The topological polar surface area (TPSA) is 15.3 Å². The van der Waals surface area contributed by atoms with Crippen molar-refractivity contribution in [2.45, 2.75) is 58.7 Å². The normalized spacial score (nSPS) is 29.3. The summed E-state index contributed by atoms with van der Waals surface area (Å²) in [7, 11) is 0. The Morgan fingerprint density at radius 3 is 2.62 bits per heavy atom. The van der Waals surface area contributed by atoms with Crippen molar-refractivity contribution in [3.05, 3.63) is 12.7 Å². The second-order valence-electron chi connectivity index (χ2n) is 5.39. The van der Waals surface area contributed by atoms with E-state index in [9.17, 15) is 0 Å². The smallest absolute Gasteiger partial charge is 0.0247 e. The van der Waals surface area contributed by atoms with Crippen LogP contribution < -0.4 is 5.32 Å². The van der Waals surface area contributed by atoms with Crippen LogP contribution in [0.2, 0.25) is 0 Å². The third-order valence-electron chi connectivity index (χ3n) is 3.81. The van der Waals surface area contributed by atoms with Crippen LogP contribution in [0.4, 0.5) is 0 Å². The molecule has 3 atom stereocenters. The molecule has 0 amide bonds. The standard InChI is InChI=1S/C14H28N2/c1-6-8-12(5)16-10-13(7-2)15-9-14(16)11(3)4/h6,11-15H,1,7-10H2,2-5H3. The van der Waals surface area contributed by atoms with Gasteiger partial charge in [0.1, 0.15) is 0 Å². The van der Waals surface area contributed by atoms with E-state index in [2.05, 4.69) is 44.5 Å². The maximum absolute atomic E-state index is 3.86. The van der Waals surface area contributed by atoms with Crippen molar-refractivity contribution in [2.75, 3.05) is 13.1 Å². The van der Waals surface area contributed by atoms with Gasteiger partial charge in [-0.05, 0) is 25.7 Å². The van der Waals surface area contributed by atoms with Gasteiger partial charge in [0.05, 0.1) is 0 Å². The Bertz CT molecular complexity index is 213. The average Bonchev–Trinajstić information content (AvgIpc) is 2.28. The van der Waals surface area contributed by atoms with Crippen LogP contribution in [0.15, 0.2) is 12.7 Å².